The van der Waals surface area contributed by atoms with E-state index in [1.54, 1.807) is 6.08 Å². The largest absolute Gasteiger partial charge is 0.463 e. The van der Waals surface area contributed by atoms with Crippen molar-refractivity contribution < 1.29 is 29.3 Å². The van der Waals surface area contributed by atoms with Crippen LogP contribution in [0.1, 0.15) is 71.6 Å². The Morgan fingerprint density at radius 2 is 1.58 bits per heavy atom. The van der Waals surface area contributed by atoms with E-state index in [1.807, 2.05) is 36.5 Å². The molecule has 0 aromatic rings. The maximum absolute atomic E-state index is 11.6. The summed E-state index contributed by atoms with van der Waals surface area (Å²) in [7, 11) is 0. The molecule has 176 valence electrons. The zero-order chi connectivity index (χ0) is 23.2. The number of hydrogen-bond acceptors (Lipinski definition) is 6. The molecule has 0 unspecified atom stereocenters. The minimum Gasteiger partial charge on any atom is -0.463 e. The molecule has 0 heterocycles. The zero-order valence-electron chi connectivity index (χ0n) is 19.1. The number of unbranched alkanes of at least 4 members (excludes halogenated alkanes) is 4. The van der Waals surface area contributed by atoms with Gasteiger partial charge in [0.1, 0.15) is 19.3 Å². The predicted octanol–water partition coefficient (Wildman–Crippen LogP) is 4.57. The van der Waals surface area contributed by atoms with Crippen LogP contribution in [-0.4, -0.2) is 47.6 Å². The number of ether oxygens (including phenoxy) is 2. The van der Waals surface area contributed by atoms with E-state index in [-0.39, 0.29) is 25.6 Å². The van der Waals surface area contributed by atoms with Crippen molar-refractivity contribution in [2.45, 2.75) is 83.8 Å². The molecule has 31 heavy (non-hydrogen) atoms. The van der Waals surface area contributed by atoms with E-state index >= 15 is 0 Å². The second-order valence-corrected chi connectivity index (χ2v) is 7.32. The molecule has 0 aromatic carbocycles. The molecular weight excluding hydrogens is 396 g/mol. The van der Waals surface area contributed by atoms with Gasteiger partial charge >= 0.3 is 11.9 Å². The predicted molar refractivity (Wildman–Crippen MR) is 123 cm³/mol. The third-order valence-electron chi connectivity index (χ3n) is 4.21. The zero-order valence-corrected chi connectivity index (χ0v) is 19.1. The molecule has 0 aromatic heterocycles. The summed E-state index contributed by atoms with van der Waals surface area (Å²) in [6, 6.07) is 0. The maximum Gasteiger partial charge on any atom is 0.305 e. The van der Waals surface area contributed by atoms with Gasteiger partial charge in [-0.15, -0.1) is 0 Å². The SMILES string of the molecule is CCCCC/C=C\C=C/[C@@H](O)C/C=C\C/C=C/CCCC(=O)OC[C@H](O)COC(C)=O. The van der Waals surface area contributed by atoms with Crippen molar-refractivity contribution in [3.8, 4) is 0 Å². The number of aliphatic hydroxyl groups excluding tert-OH is 2. The molecule has 0 fully saturated rings. The minimum atomic E-state index is -0.999. The average Bonchev–Trinajstić information content (AvgIpc) is 2.74. The van der Waals surface area contributed by atoms with Crippen molar-refractivity contribution in [3.63, 3.8) is 0 Å². The second-order valence-electron chi connectivity index (χ2n) is 7.32. The van der Waals surface area contributed by atoms with Gasteiger partial charge in [0.15, 0.2) is 0 Å². The van der Waals surface area contributed by atoms with Crippen molar-refractivity contribution in [1.29, 1.82) is 0 Å². The number of allylic oxidation sites excluding steroid dienone is 6. The molecule has 0 saturated heterocycles. The lowest BCUT2D eigenvalue weighted by atomic mass is 10.2. The molecule has 0 aliphatic carbocycles. The van der Waals surface area contributed by atoms with Gasteiger partial charge in [-0.2, -0.15) is 0 Å². The summed E-state index contributed by atoms with van der Waals surface area (Å²) in [5.41, 5.74) is 0. The Balaban J connectivity index is 3.69. The quantitative estimate of drug-likeness (QED) is 0.141. The molecule has 0 bridgehead atoms. The molecule has 6 nitrogen and oxygen atoms in total. The van der Waals surface area contributed by atoms with Crippen LogP contribution in [0, 0.1) is 0 Å². The van der Waals surface area contributed by atoms with E-state index in [0.717, 1.165) is 19.3 Å². The third-order valence-corrected chi connectivity index (χ3v) is 4.21. The van der Waals surface area contributed by atoms with E-state index < -0.39 is 18.2 Å². The lowest BCUT2D eigenvalue weighted by Gasteiger charge is -2.10. The Morgan fingerprint density at radius 3 is 2.32 bits per heavy atom. The fourth-order valence-electron chi connectivity index (χ4n) is 2.47. The maximum atomic E-state index is 11.6. The normalized spacial score (nSPS) is 14.1. The lowest BCUT2D eigenvalue weighted by Crippen LogP contribution is -2.24. The first-order valence-electron chi connectivity index (χ1n) is 11.2. The minimum absolute atomic E-state index is 0.178. The summed E-state index contributed by atoms with van der Waals surface area (Å²) in [5, 5.41) is 19.4. The van der Waals surface area contributed by atoms with Gasteiger partial charge in [0.05, 0.1) is 6.10 Å². The van der Waals surface area contributed by atoms with Crippen LogP contribution < -0.4 is 0 Å². The first-order chi connectivity index (χ1) is 15.0. The van der Waals surface area contributed by atoms with Crippen LogP contribution in [0.2, 0.25) is 0 Å². The van der Waals surface area contributed by atoms with Crippen molar-refractivity contribution >= 4 is 11.9 Å². The number of hydrogen-bond donors (Lipinski definition) is 2. The first-order valence-corrected chi connectivity index (χ1v) is 11.2. The molecule has 2 N–H and O–H groups in total. The number of carbonyl (C=O) groups excluding carboxylic acids is 2. The Hall–Kier alpha value is -2.18. The molecule has 0 saturated carbocycles. The molecule has 0 amide bonds. The number of esters is 2. The highest BCUT2D eigenvalue weighted by Crippen LogP contribution is 2.03. The topological polar surface area (TPSA) is 93.1 Å². The van der Waals surface area contributed by atoms with E-state index in [9.17, 15) is 19.8 Å². The number of rotatable bonds is 18. The van der Waals surface area contributed by atoms with Gasteiger partial charge in [-0.3, -0.25) is 9.59 Å². The van der Waals surface area contributed by atoms with Gasteiger partial charge in [0.2, 0.25) is 0 Å². The van der Waals surface area contributed by atoms with E-state index in [1.165, 1.54) is 26.2 Å². The third kappa shape index (κ3) is 22.3. The Kier molecular flexibility index (Phi) is 19.6. The molecule has 0 aliphatic rings. The number of aliphatic hydroxyl groups is 2. The standard InChI is InChI=1S/C25H40O6/c1-3-4-5-6-8-11-14-17-23(27)18-15-12-9-7-10-13-16-19-25(29)31-21-24(28)20-30-22(2)26/h7-8,10-12,14-15,17,23-24,27-28H,3-6,9,13,16,18-21H2,1-2H3/b10-7+,11-8-,15-12-,17-14-/t23-,24-/m1/s1. The molecular formula is C25H40O6. The fourth-order valence-corrected chi connectivity index (χ4v) is 2.47. The van der Waals surface area contributed by atoms with Crippen molar-refractivity contribution in [3.05, 3.63) is 48.6 Å². The fraction of sp³-hybridized carbons (Fsp3) is 0.600. The van der Waals surface area contributed by atoms with Gasteiger partial charge < -0.3 is 19.7 Å². The highest BCUT2D eigenvalue weighted by Gasteiger charge is 2.09. The Bertz CT molecular complexity index is 577. The first kappa shape index (κ1) is 28.8. The van der Waals surface area contributed by atoms with Crippen LogP contribution in [0.3, 0.4) is 0 Å². The van der Waals surface area contributed by atoms with Crippen LogP contribution in [0.4, 0.5) is 0 Å². The van der Waals surface area contributed by atoms with Crippen molar-refractivity contribution in [1.82, 2.24) is 0 Å². The lowest BCUT2D eigenvalue weighted by molar-refractivity contribution is -0.151. The highest BCUT2D eigenvalue weighted by molar-refractivity contribution is 5.69. The summed E-state index contributed by atoms with van der Waals surface area (Å²) in [6.07, 6.45) is 22.2. The van der Waals surface area contributed by atoms with Gasteiger partial charge in [-0.1, -0.05) is 68.4 Å². The van der Waals surface area contributed by atoms with E-state index in [2.05, 4.69) is 17.7 Å². The van der Waals surface area contributed by atoms with Crippen LogP contribution >= 0.6 is 0 Å². The molecule has 2 atom stereocenters. The van der Waals surface area contributed by atoms with Crippen molar-refractivity contribution in [2.24, 2.45) is 0 Å². The van der Waals surface area contributed by atoms with Crippen LogP contribution in [0.25, 0.3) is 0 Å². The van der Waals surface area contributed by atoms with E-state index in [0.29, 0.717) is 12.8 Å². The monoisotopic (exact) mass is 436 g/mol. The average molecular weight is 437 g/mol. The number of carbonyl (C=O) groups is 2. The van der Waals surface area contributed by atoms with Gasteiger partial charge in [0, 0.05) is 13.3 Å². The van der Waals surface area contributed by atoms with Gasteiger partial charge in [-0.25, -0.2) is 0 Å². The summed E-state index contributed by atoms with van der Waals surface area (Å²) >= 11 is 0. The second kappa shape index (κ2) is 21.1. The molecule has 0 rings (SSSR count). The molecule has 0 aliphatic heterocycles. The molecule has 0 radical (unpaired) electrons. The van der Waals surface area contributed by atoms with E-state index in [4.69, 9.17) is 4.74 Å². The molecule has 0 spiro atoms. The smallest absolute Gasteiger partial charge is 0.305 e. The highest BCUT2D eigenvalue weighted by atomic mass is 16.6. The summed E-state index contributed by atoms with van der Waals surface area (Å²) < 4.78 is 9.55. The van der Waals surface area contributed by atoms with Gasteiger partial charge in [-0.05, 0) is 38.5 Å². The Morgan fingerprint density at radius 1 is 0.871 bits per heavy atom. The van der Waals surface area contributed by atoms with Crippen LogP contribution in [0.15, 0.2) is 48.6 Å². The van der Waals surface area contributed by atoms with Gasteiger partial charge in [0.25, 0.3) is 0 Å². The summed E-state index contributed by atoms with van der Waals surface area (Å²) in [4.78, 5) is 22.2. The van der Waals surface area contributed by atoms with Crippen LogP contribution in [0.5, 0.6) is 0 Å². The Labute approximate surface area is 187 Å². The summed E-state index contributed by atoms with van der Waals surface area (Å²) in [5.74, 6) is -0.867. The summed E-state index contributed by atoms with van der Waals surface area (Å²) in [6.45, 7) is 3.08. The molecule has 6 heteroatoms. The van der Waals surface area contributed by atoms with Crippen molar-refractivity contribution in [2.75, 3.05) is 13.2 Å². The van der Waals surface area contributed by atoms with Crippen LogP contribution in [-0.2, 0) is 19.1 Å².